The molecule has 0 aliphatic heterocycles. The number of benzene rings is 1. The number of nitrogens with zero attached hydrogens (tertiary/aromatic N) is 3. The van der Waals surface area contributed by atoms with Gasteiger partial charge in [0.25, 0.3) is 5.91 Å². The molecule has 2 heterocycles. The van der Waals surface area contributed by atoms with Crippen molar-refractivity contribution >= 4 is 28.9 Å². The van der Waals surface area contributed by atoms with Crippen LogP contribution in [0.4, 0.5) is 21.5 Å². The summed E-state index contributed by atoms with van der Waals surface area (Å²) >= 11 is 0. The van der Waals surface area contributed by atoms with Gasteiger partial charge in [-0.15, -0.1) is 0 Å². The van der Waals surface area contributed by atoms with Gasteiger partial charge >= 0.3 is 0 Å². The number of aryl methyl sites for hydroxylation is 2. The summed E-state index contributed by atoms with van der Waals surface area (Å²) in [5.41, 5.74) is 2.47. The average molecular weight is 555 g/mol. The Hall–Kier alpha value is -3.75. The minimum absolute atomic E-state index is 0.267. The predicted octanol–water partition coefficient (Wildman–Crippen LogP) is 7.40. The van der Waals surface area contributed by atoms with Crippen LogP contribution in [0.1, 0.15) is 89.7 Å². The first-order valence-corrected chi connectivity index (χ1v) is 14.5. The molecule has 1 aromatic carbocycles. The second kappa shape index (κ2) is 18.5. The zero-order valence-electron chi connectivity index (χ0n) is 25.3. The van der Waals surface area contributed by atoms with Crippen molar-refractivity contribution in [2.45, 2.75) is 86.6 Å². The second-order valence-corrected chi connectivity index (χ2v) is 8.82. The number of hydrogen-bond donors (Lipinski definition) is 3. The molecular weight excluding hydrogens is 507 g/mol. The van der Waals surface area contributed by atoms with Crippen molar-refractivity contribution < 1.29 is 14.0 Å². The molecule has 2 aromatic heterocycles. The van der Waals surface area contributed by atoms with Crippen LogP contribution in [-0.2, 0) is 11.8 Å². The molecule has 8 nitrogen and oxygen atoms in total. The summed E-state index contributed by atoms with van der Waals surface area (Å²) in [6, 6.07) is 7.69. The maximum atomic E-state index is 14.1. The van der Waals surface area contributed by atoms with Crippen molar-refractivity contribution in [2.75, 3.05) is 10.6 Å². The molecule has 0 saturated heterocycles. The molecular formula is C31H47FN6O2. The van der Waals surface area contributed by atoms with Crippen LogP contribution in [-0.4, -0.2) is 32.6 Å². The van der Waals surface area contributed by atoms with Gasteiger partial charge in [0.15, 0.2) is 5.82 Å². The number of nitrogens with one attached hydrogen (secondary N) is 3. The lowest BCUT2D eigenvalue weighted by molar-refractivity contribution is -0.118. The molecule has 1 aliphatic carbocycles. The molecule has 220 valence electrons. The van der Waals surface area contributed by atoms with Crippen LogP contribution in [0.25, 0.3) is 0 Å². The maximum Gasteiger partial charge on any atom is 0.252 e. The van der Waals surface area contributed by atoms with E-state index in [2.05, 4.69) is 26.0 Å². The lowest BCUT2D eigenvalue weighted by Gasteiger charge is -2.21. The molecule has 0 radical (unpaired) electrons. The number of halogens is 1. The SMILES string of the molecule is CC.CC.CC.Cc1cc(Nc2cccc(C(=O)NC(CC3CCCC3)C(=O)Nc3cnn(C)c3)c2)c(F)cn1. The number of carbonyl (C=O) groups is 2. The summed E-state index contributed by atoms with van der Waals surface area (Å²) in [5, 5.41) is 12.8. The minimum atomic E-state index is -0.673. The highest BCUT2D eigenvalue weighted by atomic mass is 19.1. The predicted molar refractivity (Wildman–Crippen MR) is 162 cm³/mol. The first kappa shape index (κ1) is 34.3. The molecule has 1 aliphatic rings. The summed E-state index contributed by atoms with van der Waals surface area (Å²) in [7, 11) is 1.77. The van der Waals surface area contributed by atoms with E-state index in [1.165, 1.54) is 0 Å². The van der Waals surface area contributed by atoms with E-state index in [4.69, 9.17) is 0 Å². The van der Waals surface area contributed by atoms with Gasteiger partial charge in [0.1, 0.15) is 6.04 Å². The number of anilines is 3. The lowest BCUT2D eigenvalue weighted by Crippen LogP contribution is -2.44. The van der Waals surface area contributed by atoms with Gasteiger partial charge in [0.2, 0.25) is 5.91 Å². The van der Waals surface area contributed by atoms with Crippen LogP contribution < -0.4 is 16.0 Å². The van der Waals surface area contributed by atoms with Gasteiger partial charge in [0.05, 0.1) is 23.8 Å². The normalized spacial score (nSPS) is 12.8. The number of amides is 2. The molecule has 9 heteroatoms. The van der Waals surface area contributed by atoms with E-state index >= 15 is 0 Å². The van der Waals surface area contributed by atoms with Crippen molar-refractivity contribution in [2.24, 2.45) is 13.0 Å². The minimum Gasteiger partial charge on any atom is -0.353 e. The smallest absolute Gasteiger partial charge is 0.252 e. The van der Waals surface area contributed by atoms with Crippen molar-refractivity contribution in [3.63, 3.8) is 0 Å². The van der Waals surface area contributed by atoms with Crippen molar-refractivity contribution in [3.05, 3.63) is 66.0 Å². The molecule has 4 rings (SSSR count). The van der Waals surface area contributed by atoms with Crippen molar-refractivity contribution in [3.8, 4) is 0 Å². The molecule has 3 N–H and O–H groups in total. The van der Waals surface area contributed by atoms with E-state index in [0.717, 1.165) is 31.9 Å². The van der Waals surface area contributed by atoms with Crippen LogP contribution in [0.5, 0.6) is 0 Å². The first-order chi connectivity index (χ1) is 19.4. The van der Waals surface area contributed by atoms with Gasteiger partial charge in [-0.05, 0) is 43.5 Å². The van der Waals surface area contributed by atoms with Crippen LogP contribution in [0.15, 0.2) is 48.9 Å². The van der Waals surface area contributed by atoms with Crippen LogP contribution >= 0.6 is 0 Å². The fraction of sp³-hybridized carbons (Fsp3) is 0.484. The first-order valence-electron chi connectivity index (χ1n) is 14.5. The van der Waals surface area contributed by atoms with E-state index in [0.29, 0.717) is 35.0 Å². The Morgan fingerprint density at radius 3 is 2.33 bits per heavy atom. The number of carbonyl (C=O) groups excluding carboxylic acids is 2. The molecule has 1 saturated carbocycles. The van der Waals surface area contributed by atoms with Crippen LogP contribution in [0.3, 0.4) is 0 Å². The fourth-order valence-corrected chi connectivity index (χ4v) is 4.30. The second-order valence-electron chi connectivity index (χ2n) is 8.82. The molecule has 1 fully saturated rings. The lowest BCUT2D eigenvalue weighted by atomic mass is 9.97. The van der Waals surface area contributed by atoms with E-state index in [1.54, 1.807) is 61.4 Å². The van der Waals surface area contributed by atoms with E-state index in [9.17, 15) is 14.0 Å². The molecule has 2 amide bonds. The van der Waals surface area contributed by atoms with E-state index in [-0.39, 0.29) is 17.5 Å². The van der Waals surface area contributed by atoms with Crippen LogP contribution in [0.2, 0.25) is 0 Å². The largest absolute Gasteiger partial charge is 0.353 e. The molecule has 1 unspecified atom stereocenters. The summed E-state index contributed by atoms with van der Waals surface area (Å²) in [5.74, 6) is -0.712. The average Bonchev–Trinajstić information content (AvgIpc) is 3.65. The Bertz CT molecular complexity index is 1170. The molecule has 0 bridgehead atoms. The standard InChI is InChI=1S/C25H29FN6O2.3C2H6/c1-16-10-22(21(26)14-27-16)29-19-9-5-8-18(12-19)24(33)31-23(11-17-6-3-4-7-17)25(34)30-20-13-28-32(2)15-20;3*1-2/h5,8-10,12-15,17,23H,3-4,6-7,11H2,1-2H3,(H,27,29)(H,30,34)(H,31,33);3*1-2H3. The monoisotopic (exact) mass is 554 g/mol. The number of aromatic nitrogens is 3. The Labute approximate surface area is 239 Å². The Morgan fingerprint density at radius 2 is 1.70 bits per heavy atom. The van der Waals surface area contributed by atoms with Gasteiger partial charge in [-0.2, -0.15) is 5.10 Å². The highest BCUT2D eigenvalue weighted by molar-refractivity contribution is 6.01. The fourth-order valence-electron chi connectivity index (χ4n) is 4.30. The number of rotatable bonds is 8. The van der Waals surface area contributed by atoms with Crippen molar-refractivity contribution in [1.82, 2.24) is 20.1 Å². The Kier molecular flexibility index (Phi) is 15.9. The zero-order chi connectivity index (χ0) is 30.1. The van der Waals surface area contributed by atoms with Gasteiger partial charge in [-0.1, -0.05) is 73.3 Å². The summed E-state index contributed by atoms with van der Waals surface area (Å²) in [4.78, 5) is 30.1. The molecule has 3 aromatic rings. The highest BCUT2D eigenvalue weighted by Crippen LogP contribution is 2.29. The third-order valence-electron chi connectivity index (χ3n) is 6.03. The Balaban J connectivity index is 0.00000125. The molecule has 40 heavy (non-hydrogen) atoms. The summed E-state index contributed by atoms with van der Waals surface area (Å²) in [6.07, 6.45) is 9.43. The number of hydrogen-bond acceptors (Lipinski definition) is 5. The van der Waals surface area contributed by atoms with Gasteiger partial charge in [0, 0.05) is 30.2 Å². The quantitative estimate of drug-likeness (QED) is 0.269. The highest BCUT2D eigenvalue weighted by Gasteiger charge is 2.27. The molecule has 0 spiro atoms. The summed E-state index contributed by atoms with van der Waals surface area (Å²) in [6.45, 7) is 13.8. The number of pyridine rings is 1. The topological polar surface area (TPSA) is 101 Å². The maximum absolute atomic E-state index is 14.1. The summed E-state index contributed by atoms with van der Waals surface area (Å²) < 4.78 is 15.7. The van der Waals surface area contributed by atoms with E-state index in [1.807, 2.05) is 41.5 Å². The Morgan fingerprint density at radius 1 is 1.02 bits per heavy atom. The van der Waals surface area contributed by atoms with Gasteiger partial charge in [-0.3, -0.25) is 19.3 Å². The zero-order valence-corrected chi connectivity index (χ0v) is 25.3. The van der Waals surface area contributed by atoms with Crippen molar-refractivity contribution in [1.29, 1.82) is 0 Å². The molecule has 1 atom stereocenters. The van der Waals surface area contributed by atoms with Gasteiger partial charge < -0.3 is 16.0 Å². The third-order valence-corrected chi connectivity index (χ3v) is 6.03. The van der Waals surface area contributed by atoms with Crippen LogP contribution in [0, 0.1) is 18.7 Å². The van der Waals surface area contributed by atoms with E-state index < -0.39 is 11.9 Å². The third kappa shape index (κ3) is 10.8. The van der Waals surface area contributed by atoms with Gasteiger partial charge in [-0.25, -0.2) is 4.39 Å².